The minimum atomic E-state index is -0.365. The lowest BCUT2D eigenvalue weighted by Crippen LogP contribution is -2.54. The molecule has 216 valence electrons. The average Bonchev–Trinajstić information content (AvgIpc) is 3.56. The van der Waals surface area contributed by atoms with Crippen molar-refractivity contribution in [2.45, 2.75) is 92.9 Å². The number of thioether (sulfide) groups is 1. The first-order chi connectivity index (χ1) is 19.5. The molecular weight excluding hydrogens is 590 g/mol. The van der Waals surface area contributed by atoms with Crippen LogP contribution in [0.2, 0.25) is 0 Å². The number of ether oxygens (including phenoxy) is 3. The van der Waals surface area contributed by atoms with E-state index >= 15 is 0 Å². The minimum Gasteiger partial charge on any atom is -0.497 e. The zero-order chi connectivity index (χ0) is 27.7. The molecule has 2 N–H and O–H groups in total. The number of rotatable bonds is 10. The summed E-state index contributed by atoms with van der Waals surface area (Å²) in [7, 11) is 1.68. The fourth-order valence-corrected chi connectivity index (χ4v) is 9.49. The quantitative estimate of drug-likeness (QED) is 0.298. The van der Waals surface area contributed by atoms with Gasteiger partial charge in [-0.2, -0.15) is 11.8 Å². The van der Waals surface area contributed by atoms with E-state index in [0.717, 1.165) is 51.8 Å². The lowest BCUT2D eigenvalue weighted by atomic mass is 9.64. The van der Waals surface area contributed by atoms with Crippen molar-refractivity contribution in [3.05, 3.63) is 51.5 Å². The number of carbonyl (C=O) groups is 1. The molecule has 40 heavy (non-hydrogen) atoms. The van der Waals surface area contributed by atoms with Crippen LogP contribution in [0.15, 0.2) is 34.8 Å². The molecule has 2 aromatic rings. The van der Waals surface area contributed by atoms with E-state index in [1.807, 2.05) is 23.9 Å². The summed E-state index contributed by atoms with van der Waals surface area (Å²) in [5, 5.41) is 14.0. The van der Waals surface area contributed by atoms with Gasteiger partial charge in [-0.1, -0.05) is 37.8 Å². The Hall–Kier alpha value is -1.74. The van der Waals surface area contributed by atoms with Crippen molar-refractivity contribution in [1.82, 2.24) is 5.32 Å². The summed E-state index contributed by atoms with van der Waals surface area (Å²) in [6.45, 7) is 1.38. The Balaban J connectivity index is 1.30. The highest BCUT2D eigenvalue weighted by Crippen LogP contribution is 2.60. The van der Waals surface area contributed by atoms with Gasteiger partial charge >= 0.3 is 0 Å². The number of hydrogen-bond acceptors (Lipinski definition) is 7. The fraction of sp³-hybridized carbons (Fsp3) is 0.594. The second-order valence-electron chi connectivity index (χ2n) is 11.9. The summed E-state index contributed by atoms with van der Waals surface area (Å²) in [5.74, 6) is 4.37. The number of Topliss-reactive ketones (excluding diaryl/α,β-unsaturated/α-hetero) is 1. The minimum absolute atomic E-state index is 0.0416. The van der Waals surface area contributed by atoms with Crippen molar-refractivity contribution < 1.29 is 24.1 Å². The van der Waals surface area contributed by atoms with Crippen LogP contribution in [-0.4, -0.2) is 48.6 Å². The Kier molecular flexibility index (Phi) is 8.69. The fourth-order valence-electron chi connectivity index (χ4n) is 7.41. The molecular formula is C32H40BrNO5S. The number of hydrogen-bond donors (Lipinski definition) is 2. The van der Waals surface area contributed by atoms with E-state index < -0.39 is 0 Å². The Bertz CT molecular complexity index is 1220. The predicted octanol–water partition coefficient (Wildman–Crippen LogP) is 6.32. The third-order valence-corrected chi connectivity index (χ3v) is 11.7. The van der Waals surface area contributed by atoms with Gasteiger partial charge in [0.15, 0.2) is 0 Å². The van der Waals surface area contributed by atoms with Crippen LogP contribution in [0.1, 0.15) is 74.5 Å². The van der Waals surface area contributed by atoms with Crippen molar-refractivity contribution in [3.63, 3.8) is 0 Å². The van der Waals surface area contributed by atoms with Crippen molar-refractivity contribution in [2.24, 2.45) is 5.92 Å². The van der Waals surface area contributed by atoms with E-state index in [0.29, 0.717) is 26.0 Å². The van der Waals surface area contributed by atoms with Crippen LogP contribution >= 0.6 is 27.7 Å². The van der Waals surface area contributed by atoms with Gasteiger partial charge in [-0.15, -0.1) is 0 Å². The first-order valence-corrected chi connectivity index (χ1v) is 16.6. The van der Waals surface area contributed by atoms with Crippen LogP contribution in [-0.2, 0) is 22.5 Å². The number of aliphatic hydroxyl groups is 1. The van der Waals surface area contributed by atoms with E-state index in [9.17, 15) is 9.90 Å². The van der Waals surface area contributed by atoms with Gasteiger partial charge in [0.25, 0.3) is 0 Å². The molecule has 2 saturated carbocycles. The molecule has 4 atom stereocenters. The molecule has 0 aromatic heterocycles. The first-order valence-electron chi connectivity index (χ1n) is 14.8. The van der Waals surface area contributed by atoms with Crippen LogP contribution in [0.5, 0.6) is 17.2 Å². The molecule has 2 aliphatic carbocycles. The molecule has 0 bridgehead atoms. The molecule has 4 aliphatic rings. The Morgan fingerprint density at radius 1 is 1.20 bits per heavy atom. The second kappa shape index (κ2) is 12.2. The summed E-state index contributed by atoms with van der Waals surface area (Å²) >= 11 is 5.69. The summed E-state index contributed by atoms with van der Waals surface area (Å²) in [6, 6.07) is 10.2. The standard InChI is InChI=1S/C32H40BrNO5S/c1-37-25-10-8-21(9-11-25)19-40-28-15-24(36)14-27-32(28)16-23(18-35)34-17-22-13-26(30(33)31(39-27)29(22)32)38-12-4-7-20-5-2-3-6-20/h8-11,13,20,23,27-28,34-35H,2-7,12,14-19H2,1H3/t23-,27+,28+,32+/m0/s1. The number of nitrogens with one attached hydrogen (secondary N) is 1. The van der Waals surface area contributed by atoms with Crippen molar-refractivity contribution >= 4 is 33.5 Å². The molecule has 2 aromatic carbocycles. The lowest BCUT2D eigenvalue weighted by Gasteiger charge is -2.45. The second-order valence-corrected chi connectivity index (χ2v) is 13.9. The Morgan fingerprint density at radius 3 is 2.75 bits per heavy atom. The van der Waals surface area contributed by atoms with E-state index in [4.69, 9.17) is 14.2 Å². The van der Waals surface area contributed by atoms with E-state index in [1.165, 1.54) is 43.2 Å². The van der Waals surface area contributed by atoms with Crippen molar-refractivity contribution in [2.75, 3.05) is 20.3 Å². The molecule has 0 saturated heterocycles. The highest BCUT2D eigenvalue weighted by molar-refractivity contribution is 9.10. The summed E-state index contributed by atoms with van der Waals surface area (Å²) in [4.78, 5) is 13.1. The van der Waals surface area contributed by atoms with Crippen molar-refractivity contribution in [1.29, 1.82) is 0 Å². The number of halogens is 1. The molecule has 6 nitrogen and oxygen atoms in total. The van der Waals surface area contributed by atoms with Gasteiger partial charge in [-0.3, -0.25) is 4.79 Å². The van der Waals surface area contributed by atoms with Gasteiger partial charge in [-0.05, 0) is 70.4 Å². The molecule has 0 unspecified atom stereocenters. The average molecular weight is 631 g/mol. The van der Waals surface area contributed by atoms with E-state index in [1.54, 1.807) is 7.11 Å². The van der Waals surface area contributed by atoms with Crippen LogP contribution in [0.25, 0.3) is 0 Å². The maximum atomic E-state index is 13.1. The summed E-state index contributed by atoms with van der Waals surface area (Å²) < 4.78 is 19.3. The molecule has 8 heteroatoms. The van der Waals surface area contributed by atoms with Gasteiger partial charge in [0.2, 0.25) is 0 Å². The van der Waals surface area contributed by atoms with Crippen molar-refractivity contribution in [3.8, 4) is 17.2 Å². The first kappa shape index (κ1) is 28.4. The van der Waals surface area contributed by atoms with Gasteiger partial charge in [0.05, 0.1) is 25.7 Å². The molecule has 6 rings (SSSR count). The molecule has 1 spiro atoms. The SMILES string of the molecule is COc1ccc(CS[C@@H]2CC(=O)C[C@H]3Oc4c(Br)c(OCCCC5CCCC5)cc5c4[C@]32C[C@@H](CO)NC5)cc1. The summed E-state index contributed by atoms with van der Waals surface area (Å²) in [6.07, 6.45) is 9.13. The number of ketones is 1. The molecule has 2 heterocycles. The number of benzene rings is 2. The highest BCUT2D eigenvalue weighted by Gasteiger charge is 2.60. The third-order valence-electron chi connectivity index (χ3n) is 9.45. The third kappa shape index (κ3) is 5.41. The normalized spacial score (nSPS) is 27.6. The van der Waals surface area contributed by atoms with Crippen LogP contribution < -0.4 is 19.5 Å². The zero-order valence-electron chi connectivity index (χ0n) is 23.3. The smallest absolute Gasteiger partial charge is 0.142 e. The number of methoxy groups -OCH3 is 1. The van der Waals surface area contributed by atoms with E-state index in [-0.39, 0.29) is 35.2 Å². The Morgan fingerprint density at radius 2 is 2.00 bits per heavy atom. The number of aliphatic hydroxyl groups excluding tert-OH is 1. The van der Waals surface area contributed by atoms with Gasteiger partial charge in [0, 0.05) is 42.0 Å². The maximum absolute atomic E-state index is 13.1. The Labute approximate surface area is 250 Å². The summed E-state index contributed by atoms with van der Waals surface area (Å²) in [5.41, 5.74) is 3.19. The molecule has 2 aliphatic heterocycles. The van der Waals surface area contributed by atoms with Gasteiger partial charge < -0.3 is 24.6 Å². The van der Waals surface area contributed by atoms with Crippen LogP contribution in [0.4, 0.5) is 0 Å². The van der Waals surface area contributed by atoms with Crippen LogP contribution in [0, 0.1) is 5.92 Å². The lowest BCUT2D eigenvalue weighted by molar-refractivity contribution is -0.124. The molecule has 0 amide bonds. The van der Waals surface area contributed by atoms with Gasteiger partial charge in [0.1, 0.15) is 33.6 Å². The predicted molar refractivity (Wildman–Crippen MR) is 162 cm³/mol. The van der Waals surface area contributed by atoms with Crippen LogP contribution in [0.3, 0.4) is 0 Å². The molecule has 2 fully saturated rings. The van der Waals surface area contributed by atoms with E-state index in [2.05, 4.69) is 39.4 Å². The monoisotopic (exact) mass is 629 g/mol. The van der Waals surface area contributed by atoms with Gasteiger partial charge in [-0.25, -0.2) is 0 Å². The number of carbonyl (C=O) groups excluding carboxylic acids is 1. The largest absolute Gasteiger partial charge is 0.497 e. The highest BCUT2D eigenvalue weighted by atomic mass is 79.9. The zero-order valence-corrected chi connectivity index (χ0v) is 25.7. The molecule has 0 radical (unpaired) electrons. The topological polar surface area (TPSA) is 77.0 Å². The maximum Gasteiger partial charge on any atom is 0.142 e.